The molecule has 1 aromatic carbocycles. The Hall–Kier alpha value is -2.02. The third-order valence-corrected chi connectivity index (χ3v) is 3.01. The zero-order valence-corrected chi connectivity index (χ0v) is 9.62. The fraction of sp³-hybridized carbons (Fsp3) is 0. The molecule has 1 aromatic heterocycles. The number of rotatable bonds is 3. The summed E-state index contributed by atoms with van der Waals surface area (Å²) in [4.78, 5) is 11.3. The van der Waals surface area contributed by atoms with Gasteiger partial charge in [0.1, 0.15) is 5.03 Å². The first-order valence-corrected chi connectivity index (χ1v) is 5.57. The van der Waals surface area contributed by atoms with E-state index in [9.17, 15) is 13.6 Å². The van der Waals surface area contributed by atoms with E-state index < -0.39 is 17.6 Å². The van der Waals surface area contributed by atoms with Gasteiger partial charge in [0, 0.05) is 4.90 Å². The molecule has 0 radical (unpaired) electrons. The van der Waals surface area contributed by atoms with Crippen LogP contribution in [-0.4, -0.2) is 21.3 Å². The molecule has 7 heteroatoms. The summed E-state index contributed by atoms with van der Waals surface area (Å²) in [6, 6.07) is 4.57. The molecule has 0 amide bonds. The third kappa shape index (κ3) is 2.62. The van der Waals surface area contributed by atoms with E-state index in [0.717, 1.165) is 23.9 Å². The number of benzene rings is 1. The van der Waals surface area contributed by atoms with E-state index in [1.54, 1.807) is 0 Å². The van der Waals surface area contributed by atoms with E-state index in [4.69, 9.17) is 5.11 Å². The second kappa shape index (κ2) is 5.09. The lowest BCUT2D eigenvalue weighted by molar-refractivity contribution is 0.0692. The Labute approximate surface area is 105 Å². The SMILES string of the molecule is O=C(O)c1ccnnc1Sc1ccc(F)c(F)c1. The van der Waals surface area contributed by atoms with Gasteiger partial charge in [0.25, 0.3) is 0 Å². The highest BCUT2D eigenvalue weighted by Crippen LogP contribution is 2.29. The second-order valence-corrected chi connectivity index (χ2v) is 4.30. The molecule has 0 saturated heterocycles. The summed E-state index contributed by atoms with van der Waals surface area (Å²) in [5, 5.41) is 16.3. The molecule has 0 aliphatic heterocycles. The van der Waals surface area contributed by atoms with Crippen molar-refractivity contribution >= 4 is 17.7 Å². The number of nitrogens with zero attached hydrogens (tertiary/aromatic N) is 2. The van der Waals surface area contributed by atoms with Crippen LogP contribution in [0, 0.1) is 11.6 Å². The number of hydrogen-bond acceptors (Lipinski definition) is 4. The fourth-order valence-corrected chi connectivity index (χ4v) is 2.08. The zero-order chi connectivity index (χ0) is 13.1. The minimum Gasteiger partial charge on any atom is -0.478 e. The molecule has 1 heterocycles. The molecule has 92 valence electrons. The molecule has 0 bridgehead atoms. The maximum atomic E-state index is 13.0. The number of aromatic carboxylic acids is 1. The molecular weight excluding hydrogens is 262 g/mol. The first kappa shape index (κ1) is 12.4. The van der Waals surface area contributed by atoms with Crippen molar-refractivity contribution in [1.82, 2.24) is 10.2 Å². The number of carbonyl (C=O) groups is 1. The van der Waals surface area contributed by atoms with Crippen molar-refractivity contribution in [2.24, 2.45) is 0 Å². The minimum absolute atomic E-state index is 0.0419. The number of halogens is 2. The number of hydrogen-bond donors (Lipinski definition) is 1. The lowest BCUT2D eigenvalue weighted by atomic mass is 10.3. The van der Waals surface area contributed by atoms with Crippen molar-refractivity contribution in [2.75, 3.05) is 0 Å². The molecule has 0 atom stereocenters. The van der Waals surface area contributed by atoms with Crippen molar-refractivity contribution < 1.29 is 18.7 Å². The number of aromatic nitrogens is 2. The third-order valence-electron chi connectivity index (χ3n) is 2.02. The highest BCUT2D eigenvalue weighted by atomic mass is 32.2. The van der Waals surface area contributed by atoms with Gasteiger partial charge in [-0.15, -0.1) is 5.10 Å². The summed E-state index contributed by atoms with van der Waals surface area (Å²) in [5.74, 6) is -3.12. The number of carboxylic acids is 1. The maximum Gasteiger partial charge on any atom is 0.338 e. The molecular formula is C11H6F2N2O2S. The summed E-state index contributed by atoms with van der Waals surface area (Å²) in [6.45, 7) is 0. The Bertz CT molecular complexity index is 607. The van der Waals surface area contributed by atoms with Gasteiger partial charge in [-0.25, -0.2) is 13.6 Å². The van der Waals surface area contributed by atoms with Crippen LogP contribution < -0.4 is 0 Å². The summed E-state index contributed by atoms with van der Waals surface area (Å²) >= 11 is 0.904. The van der Waals surface area contributed by atoms with Crippen LogP contribution in [0.2, 0.25) is 0 Å². The van der Waals surface area contributed by atoms with Gasteiger partial charge in [-0.3, -0.25) is 0 Å². The minimum atomic E-state index is -1.16. The average Bonchev–Trinajstić information content (AvgIpc) is 2.34. The van der Waals surface area contributed by atoms with E-state index in [1.165, 1.54) is 18.3 Å². The molecule has 0 saturated carbocycles. The average molecular weight is 268 g/mol. The van der Waals surface area contributed by atoms with E-state index in [0.29, 0.717) is 4.90 Å². The predicted molar refractivity (Wildman–Crippen MR) is 59.5 cm³/mol. The Morgan fingerprint density at radius 1 is 1.22 bits per heavy atom. The van der Waals surface area contributed by atoms with Crippen LogP contribution in [0.25, 0.3) is 0 Å². The van der Waals surface area contributed by atoms with E-state index in [1.807, 2.05) is 0 Å². The van der Waals surface area contributed by atoms with Gasteiger partial charge in [0.15, 0.2) is 11.6 Å². The van der Waals surface area contributed by atoms with Gasteiger partial charge in [0.2, 0.25) is 0 Å². The van der Waals surface area contributed by atoms with Crippen LogP contribution in [0.3, 0.4) is 0 Å². The predicted octanol–water partition coefficient (Wildman–Crippen LogP) is 2.60. The normalized spacial score (nSPS) is 10.3. The lowest BCUT2D eigenvalue weighted by Gasteiger charge is -2.03. The monoisotopic (exact) mass is 268 g/mol. The van der Waals surface area contributed by atoms with Gasteiger partial charge in [-0.1, -0.05) is 11.8 Å². The molecule has 0 unspecified atom stereocenters. The lowest BCUT2D eigenvalue weighted by Crippen LogP contribution is -2.01. The molecule has 0 fully saturated rings. The molecule has 4 nitrogen and oxygen atoms in total. The Morgan fingerprint density at radius 2 is 2.00 bits per heavy atom. The summed E-state index contributed by atoms with van der Waals surface area (Å²) in [6.07, 6.45) is 1.25. The fourth-order valence-electron chi connectivity index (χ4n) is 1.21. The molecule has 0 aliphatic rings. The Balaban J connectivity index is 2.34. The highest BCUT2D eigenvalue weighted by molar-refractivity contribution is 7.99. The van der Waals surface area contributed by atoms with Crippen LogP contribution in [-0.2, 0) is 0 Å². The van der Waals surface area contributed by atoms with Gasteiger partial charge < -0.3 is 5.11 Å². The largest absolute Gasteiger partial charge is 0.478 e. The summed E-state index contributed by atoms with van der Waals surface area (Å²) < 4.78 is 25.7. The zero-order valence-electron chi connectivity index (χ0n) is 8.80. The van der Waals surface area contributed by atoms with Crippen LogP contribution in [0.5, 0.6) is 0 Å². The second-order valence-electron chi connectivity index (χ2n) is 3.23. The highest BCUT2D eigenvalue weighted by Gasteiger charge is 2.13. The first-order valence-electron chi connectivity index (χ1n) is 4.76. The van der Waals surface area contributed by atoms with Crippen LogP contribution in [0.4, 0.5) is 8.78 Å². The van der Waals surface area contributed by atoms with Gasteiger partial charge in [0.05, 0.1) is 11.8 Å². The molecule has 0 spiro atoms. The molecule has 18 heavy (non-hydrogen) atoms. The number of carboxylic acid groups (broad SMARTS) is 1. The van der Waals surface area contributed by atoms with Gasteiger partial charge >= 0.3 is 5.97 Å². The van der Waals surface area contributed by atoms with Crippen molar-refractivity contribution in [3.05, 3.63) is 47.7 Å². The first-order chi connectivity index (χ1) is 8.58. The van der Waals surface area contributed by atoms with Crippen LogP contribution in [0.15, 0.2) is 40.4 Å². The van der Waals surface area contributed by atoms with Gasteiger partial charge in [-0.2, -0.15) is 5.10 Å². The van der Waals surface area contributed by atoms with Crippen molar-refractivity contribution in [3.63, 3.8) is 0 Å². The Morgan fingerprint density at radius 3 is 2.67 bits per heavy atom. The van der Waals surface area contributed by atoms with Crippen molar-refractivity contribution in [1.29, 1.82) is 0 Å². The Kier molecular flexibility index (Phi) is 3.52. The molecule has 2 rings (SSSR count). The van der Waals surface area contributed by atoms with Crippen LogP contribution in [0.1, 0.15) is 10.4 Å². The van der Waals surface area contributed by atoms with Crippen molar-refractivity contribution in [3.8, 4) is 0 Å². The van der Waals surface area contributed by atoms with Crippen molar-refractivity contribution in [2.45, 2.75) is 9.92 Å². The molecule has 2 aromatic rings. The molecule has 1 N–H and O–H groups in total. The summed E-state index contributed by atoms with van der Waals surface area (Å²) in [7, 11) is 0. The van der Waals surface area contributed by atoms with Crippen LogP contribution >= 0.6 is 11.8 Å². The quantitative estimate of drug-likeness (QED) is 0.927. The standard InChI is InChI=1S/C11H6F2N2O2S/c12-8-2-1-6(5-9(8)13)18-10-7(11(16)17)3-4-14-15-10/h1-5H,(H,16,17). The smallest absolute Gasteiger partial charge is 0.338 e. The van der Waals surface area contributed by atoms with E-state index in [2.05, 4.69) is 10.2 Å². The van der Waals surface area contributed by atoms with Gasteiger partial charge in [-0.05, 0) is 24.3 Å². The van der Waals surface area contributed by atoms with E-state index in [-0.39, 0.29) is 10.6 Å². The topological polar surface area (TPSA) is 63.1 Å². The maximum absolute atomic E-state index is 13.0. The summed E-state index contributed by atoms with van der Waals surface area (Å²) in [5.41, 5.74) is -0.0419. The van der Waals surface area contributed by atoms with E-state index >= 15 is 0 Å². The molecule has 0 aliphatic carbocycles.